The zero-order chi connectivity index (χ0) is 17.2. The van der Waals surface area contributed by atoms with Crippen LogP contribution in [0.15, 0.2) is 46.9 Å². The van der Waals surface area contributed by atoms with Gasteiger partial charge in [0.05, 0.1) is 0 Å². The molecule has 0 aliphatic carbocycles. The summed E-state index contributed by atoms with van der Waals surface area (Å²) in [5.41, 5.74) is 0.616. The Morgan fingerprint density at radius 2 is 1.88 bits per heavy atom. The molecular weight excluding hydrogens is 367 g/mol. The molecule has 1 unspecified atom stereocenters. The molecule has 0 aromatic heterocycles. The number of ether oxygens (including phenoxy) is 2. The molecule has 1 aliphatic rings. The molecule has 1 heterocycles. The van der Waals surface area contributed by atoms with Crippen LogP contribution in [0.4, 0.5) is 0 Å². The van der Waals surface area contributed by atoms with Crippen molar-refractivity contribution in [2.75, 3.05) is 13.7 Å². The summed E-state index contributed by atoms with van der Waals surface area (Å²) in [7, 11) is 1.67. The molecule has 0 fully saturated rings. The zero-order valence-electron chi connectivity index (χ0n) is 14.5. The predicted molar refractivity (Wildman–Crippen MR) is 99.8 cm³/mol. The molecule has 0 spiro atoms. The van der Waals surface area contributed by atoms with Crippen molar-refractivity contribution in [2.24, 2.45) is 0 Å². The second-order valence-electron chi connectivity index (χ2n) is 6.20. The van der Waals surface area contributed by atoms with E-state index in [0.29, 0.717) is 26.4 Å². The fourth-order valence-electron chi connectivity index (χ4n) is 2.73. The fourth-order valence-corrected chi connectivity index (χ4v) is 5.15. The first kappa shape index (κ1) is 17.1. The van der Waals surface area contributed by atoms with Gasteiger partial charge in [-0.05, 0) is 0 Å². The first-order chi connectivity index (χ1) is 11.5. The third-order valence-electron chi connectivity index (χ3n) is 3.99. The molecule has 0 amide bonds. The van der Waals surface area contributed by atoms with Gasteiger partial charge in [-0.15, -0.1) is 0 Å². The van der Waals surface area contributed by atoms with E-state index in [1.165, 1.54) is 4.46 Å². The van der Waals surface area contributed by atoms with Crippen LogP contribution in [0.25, 0.3) is 6.08 Å². The molecule has 2 aromatic rings. The third kappa shape index (κ3) is 3.50. The monoisotopic (exact) mass is 391 g/mol. The SMILES string of the molecule is CCOc1cc2c(cc1OC)=CC([Se]c1ccccc1)C(C)(C)[O+]=2. The van der Waals surface area contributed by atoms with Crippen molar-refractivity contribution in [3.8, 4) is 11.5 Å². The van der Waals surface area contributed by atoms with Crippen LogP contribution < -0.4 is 24.6 Å². The summed E-state index contributed by atoms with van der Waals surface area (Å²) < 4.78 is 18.9. The standard InChI is InChI=1S/C20H23O3Se/c1-5-22-18-13-16-14(11-17(18)21-4)12-19(20(2,3)23-16)24-15-9-7-6-8-10-15/h6-13,19H,5H2,1-4H3/q+1. The number of rotatable bonds is 5. The van der Waals surface area contributed by atoms with Gasteiger partial charge in [-0.1, -0.05) is 0 Å². The minimum absolute atomic E-state index is 0.249. The quantitative estimate of drug-likeness (QED) is 0.578. The topological polar surface area (TPSA) is 29.8 Å². The van der Waals surface area contributed by atoms with E-state index in [4.69, 9.17) is 13.9 Å². The molecule has 0 N–H and O–H groups in total. The van der Waals surface area contributed by atoms with Crippen LogP contribution in [0, 0.1) is 0 Å². The molecule has 126 valence electrons. The second kappa shape index (κ2) is 7.00. The van der Waals surface area contributed by atoms with E-state index in [1.807, 2.05) is 19.1 Å². The van der Waals surface area contributed by atoms with Gasteiger partial charge in [0.15, 0.2) is 0 Å². The van der Waals surface area contributed by atoms with Crippen molar-refractivity contribution in [3.05, 3.63) is 57.5 Å². The van der Waals surface area contributed by atoms with E-state index in [1.54, 1.807) is 7.11 Å². The molecule has 0 radical (unpaired) electrons. The number of hydrogen-bond donors (Lipinski definition) is 0. The Balaban J connectivity index is 2.05. The van der Waals surface area contributed by atoms with Gasteiger partial charge in [0, 0.05) is 0 Å². The first-order valence-corrected chi connectivity index (χ1v) is 9.98. The molecule has 0 bridgehead atoms. The second-order valence-corrected chi connectivity index (χ2v) is 8.75. The van der Waals surface area contributed by atoms with Gasteiger partial charge >= 0.3 is 149 Å². The average Bonchev–Trinajstić information content (AvgIpc) is 2.56. The van der Waals surface area contributed by atoms with E-state index in [-0.39, 0.29) is 5.60 Å². The van der Waals surface area contributed by atoms with Gasteiger partial charge in [0.25, 0.3) is 0 Å². The first-order valence-electron chi connectivity index (χ1n) is 8.14. The maximum absolute atomic E-state index is 6.34. The Labute approximate surface area is 149 Å². The molecule has 0 saturated carbocycles. The Hall–Kier alpha value is -1.77. The summed E-state index contributed by atoms with van der Waals surface area (Å²) in [6.07, 6.45) is 2.32. The van der Waals surface area contributed by atoms with Gasteiger partial charge in [-0.2, -0.15) is 0 Å². The molecule has 1 aliphatic heterocycles. The van der Waals surface area contributed by atoms with Gasteiger partial charge in [-0.25, -0.2) is 0 Å². The van der Waals surface area contributed by atoms with Crippen molar-refractivity contribution in [1.29, 1.82) is 0 Å². The van der Waals surface area contributed by atoms with Gasteiger partial charge in [0.2, 0.25) is 0 Å². The zero-order valence-corrected chi connectivity index (χ0v) is 16.2. The molecular formula is C20H23O3Se+. The Bertz CT molecular complexity index is 828. The summed E-state index contributed by atoms with van der Waals surface area (Å²) >= 11 is 0.300. The fraction of sp³-hybridized carbons (Fsp3) is 0.350. The summed E-state index contributed by atoms with van der Waals surface area (Å²) in [6, 6.07) is 14.6. The van der Waals surface area contributed by atoms with Crippen LogP contribution in [0.1, 0.15) is 20.8 Å². The van der Waals surface area contributed by atoms with E-state index < -0.39 is 0 Å². The number of benzene rings is 2. The molecule has 4 heteroatoms. The minimum atomic E-state index is -0.249. The van der Waals surface area contributed by atoms with Crippen molar-refractivity contribution < 1.29 is 9.47 Å². The Morgan fingerprint density at radius 1 is 1.12 bits per heavy atom. The molecule has 1 atom stereocenters. The van der Waals surface area contributed by atoms with Gasteiger partial charge < -0.3 is 0 Å². The van der Waals surface area contributed by atoms with Gasteiger partial charge in [0.1, 0.15) is 0 Å². The molecule has 3 nitrogen and oxygen atoms in total. The molecule has 24 heavy (non-hydrogen) atoms. The van der Waals surface area contributed by atoms with Crippen LogP contribution >= 0.6 is 0 Å². The van der Waals surface area contributed by atoms with Crippen LogP contribution in [0.2, 0.25) is 4.82 Å². The van der Waals surface area contributed by atoms with E-state index in [0.717, 1.165) is 22.1 Å². The Morgan fingerprint density at radius 3 is 2.54 bits per heavy atom. The number of methoxy groups -OCH3 is 1. The van der Waals surface area contributed by atoms with Crippen molar-refractivity contribution in [2.45, 2.75) is 31.2 Å². The van der Waals surface area contributed by atoms with Crippen LogP contribution in [0.3, 0.4) is 0 Å². The summed E-state index contributed by atoms with van der Waals surface area (Å²) in [5.74, 6) is 1.48. The third-order valence-corrected chi connectivity index (χ3v) is 7.14. The summed E-state index contributed by atoms with van der Waals surface area (Å²) in [4.78, 5) is 0.350. The van der Waals surface area contributed by atoms with Crippen molar-refractivity contribution in [1.82, 2.24) is 0 Å². The van der Waals surface area contributed by atoms with Gasteiger partial charge in [-0.3, -0.25) is 0 Å². The maximum atomic E-state index is 6.34. The Kier molecular flexibility index (Phi) is 4.98. The summed E-state index contributed by atoms with van der Waals surface area (Å²) in [6.45, 7) is 6.88. The van der Waals surface area contributed by atoms with Crippen molar-refractivity contribution in [3.63, 3.8) is 0 Å². The molecule has 3 rings (SSSR count). The predicted octanol–water partition coefficient (Wildman–Crippen LogP) is 2.10. The number of hydrogen-bond acceptors (Lipinski definition) is 2. The van der Waals surface area contributed by atoms with Crippen LogP contribution in [-0.4, -0.2) is 34.3 Å². The van der Waals surface area contributed by atoms with Crippen LogP contribution in [-0.2, 0) is 0 Å². The molecule has 2 aromatic carbocycles. The van der Waals surface area contributed by atoms with E-state index in [2.05, 4.69) is 50.3 Å². The number of fused-ring (bicyclic) bond motifs is 1. The van der Waals surface area contributed by atoms with Crippen LogP contribution in [0.5, 0.6) is 11.5 Å². The van der Waals surface area contributed by atoms with Crippen molar-refractivity contribution >= 4 is 25.5 Å². The summed E-state index contributed by atoms with van der Waals surface area (Å²) in [5, 5.41) is 1.08. The van der Waals surface area contributed by atoms with E-state index >= 15 is 0 Å². The average molecular weight is 390 g/mol. The van der Waals surface area contributed by atoms with E-state index in [9.17, 15) is 0 Å². The normalized spacial score (nSPS) is 18.1. The molecule has 0 saturated heterocycles.